The Morgan fingerprint density at radius 3 is 2.15 bits per heavy atom. The van der Waals surface area contributed by atoms with Crippen LogP contribution in [0.3, 0.4) is 0 Å². The lowest BCUT2D eigenvalue weighted by Crippen LogP contribution is -2.44. The predicted octanol–water partition coefficient (Wildman–Crippen LogP) is 3.65. The van der Waals surface area contributed by atoms with Crippen LogP contribution in [0.1, 0.15) is 36.1 Å². The van der Waals surface area contributed by atoms with Crippen LogP contribution in [0, 0.1) is 22.7 Å². The number of rotatable bonds is 5. The number of benzene rings is 2. The molecule has 1 fully saturated rings. The molecule has 5 nitrogen and oxygen atoms in total. The molecule has 1 aliphatic rings. The third-order valence-electron chi connectivity index (χ3n) is 4.77. The molecule has 138 valence electrons. The third-order valence-corrected chi connectivity index (χ3v) is 4.77. The third kappa shape index (κ3) is 4.65. The lowest BCUT2D eigenvalue weighted by Gasteiger charge is -2.35. The van der Waals surface area contributed by atoms with Crippen molar-refractivity contribution in [1.29, 1.82) is 10.5 Å². The van der Waals surface area contributed by atoms with Crippen molar-refractivity contribution in [2.75, 3.05) is 18.4 Å². The molecule has 0 bridgehead atoms. The number of nitrogens with one attached hydrogen (secondary N) is 1. The molecule has 1 saturated heterocycles. The maximum atomic E-state index is 9.34. The van der Waals surface area contributed by atoms with Crippen LogP contribution in [0.15, 0.2) is 42.5 Å². The van der Waals surface area contributed by atoms with Gasteiger partial charge < -0.3 is 10.1 Å². The highest BCUT2D eigenvalue weighted by Crippen LogP contribution is 2.22. The van der Waals surface area contributed by atoms with Crippen molar-refractivity contribution in [2.45, 2.75) is 39.1 Å². The van der Waals surface area contributed by atoms with E-state index >= 15 is 0 Å². The number of nitriles is 2. The maximum Gasteiger partial charge on any atom is 0.101 e. The van der Waals surface area contributed by atoms with Crippen LogP contribution in [-0.4, -0.2) is 30.2 Å². The first-order chi connectivity index (χ1) is 13.1. The minimum Gasteiger partial charge on any atom is -0.379 e. The van der Waals surface area contributed by atoms with Crippen LogP contribution in [-0.2, 0) is 17.8 Å². The topological polar surface area (TPSA) is 72.1 Å². The van der Waals surface area contributed by atoms with Gasteiger partial charge in [-0.2, -0.15) is 10.5 Å². The lowest BCUT2D eigenvalue weighted by atomic mass is 10.0. The SMILES string of the molecule is CC1CN(Cc2ccccc2CNc2c(C#N)cccc2C#N)CC(C)O1. The van der Waals surface area contributed by atoms with Gasteiger partial charge in [-0.15, -0.1) is 0 Å². The van der Waals surface area contributed by atoms with E-state index in [2.05, 4.69) is 54.4 Å². The van der Waals surface area contributed by atoms with Gasteiger partial charge in [0.05, 0.1) is 29.0 Å². The van der Waals surface area contributed by atoms with E-state index in [4.69, 9.17) is 4.74 Å². The van der Waals surface area contributed by atoms with Crippen LogP contribution in [0.5, 0.6) is 0 Å². The van der Waals surface area contributed by atoms with Gasteiger partial charge in [-0.1, -0.05) is 30.3 Å². The molecule has 1 N–H and O–H groups in total. The first-order valence-electron chi connectivity index (χ1n) is 9.22. The Morgan fingerprint density at radius 2 is 1.56 bits per heavy atom. The first kappa shape index (κ1) is 18.9. The van der Waals surface area contributed by atoms with Crippen molar-refractivity contribution < 1.29 is 4.74 Å². The maximum absolute atomic E-state index is 9.34. The molecule has 2 aromatic carbocycles. The quantitative estimate of drug-likeness (QED) is 0.881. The van der Waals surface area contributed by atoms with Gasteiger partial charge in [0.2, 0.25) is 0 Å². The Balaban J connectivity index is 1.76. The molecule has 1 heterocycles. The van der Waals surface area contributed by atoms with Gasteiger partial charge in [-0.25, -0.2) is 0 Å². The van der Waals surface area contributed by atoms with Crippen LogP contribution in [0.2, 0.25) is 0 Å². The van der Waals surface area contributed by atoms with E-state index in [1.165, 1.54) is 11.1 Å². The minimum absolute atomic E-state index is 0.236. The smallest absolute Gasteiger partial charge is 0.101 e. The molecule has 0 saturated carbocycles. The zero-order valence-corrected chi connectivity index (χ0v) is 15.8. The van der Waals surface area contributed by atoms with Gasteiger partial charge in [-0.05, 0) is 37.1 Å². The fourth-order valence-corrected chi connectivity index (χ4v) is 3.65. The Morgan fingerprint density at radius 1 is 0.963 bits per heavy atom. The van der Waals surface area contributed by atoms with Gasteiger partial charge in [-0.3, -0.25) is 4.90 Å². The Hall–Kier alpha value is -2.86. The van der Waals surface area contributed by atoms with Gasteiger partial charge in [0, 0.05) is 26.2 Å². The molecule has 2 unspecified atom stereocenters. The van der Waals surface area contributed by atoms with Crippen LogP contribution in [0.4, 0.5) is 5.69 Å². The van der Waals surface area contributed by atoms with E-state index in [0.29, 0.717) is 23.4 Å². The fraction of sp³-hybridized carbons (Fsp3) is 0.364. The Kier molecular flexibility index (Phi) is 6.08. The number of hydrogen-bond acceptors (Lipinski definition) is 5. The van der Waals surface area contributed by atoms with E-state index in [1.807, 2.05) is 6.07 Å². The van der Waals surface area contributed by atoms with Crippen molar-refractivity contribution in [3.63, 3.8) is 0 Å². The summed E-state index contributed by atoms with van der Waals surface area (Å²) in [5.74, 6) is 0. The van der Waals surface area contributed by atoms with Crippen molar-refractivity contribution in [3.8, 4) is 12.1 Å². The summed E-state index contributed by atoms with van der Waals surface area (Å²) in [6.45, 7) is 7.49. The van der Waals surface area contributed by atoms with Crippen molar-refractivity contribution in [1.82, 2.24) is 4.90 Å². The molecule has 3 rings (SSSR count). The highest BCUT2D eigenvalue weighted by Gasteiger charge is 2.22. The average Bonchev–Trinajstić information content (AvgIpc) is 2.66. The summed E-state index contributed by atoms with van der Waals surface area (Å²) in [5, 5.41) is 22.0. The summed E-state index contributed by atoms with van der Waals surface area (Å²) in [4.78, 5) is 2.42. The molecule has 0 aliphatic carbocycles. The summed E-state index contributed by atoms with van der Waals surface area (Å²) in [6.07, 6.45) is 0.472. The Bertz CT molecular complexity index is 838. The van der Waals surface area contributed by atoms with E-state index in [-0.39, 0.29) is 12.2 Å². The first-order valence-corrected chi connectivity index (χ1v) is 9.22. The number of nitrogens with zero attached hydrogens (tertiary/aromatic N) is 3. The molecular weight excluding hydrogens is 336 g/mol. The van der Waals surface area contributed by atoms with E-state index in [9.17, 15) is 10.5 Å². The number of para-hydroxylation sites is 1. The van der Waals surface area contributed by atoms with Crippen LogP contribution >= 0.6 is 0 Å². The summed E-state index contributed by atoms with van der Waals surface area (Å²) in [6, 6.07) is 17.8. The summed E-state index contributed by atoms with van der Waals surface area (Å²) >= 11 is 0. The standard InChI is InChI=1S/C22H24N4O/c1-16-13-26(14-17(2)27-16)15-21-7-4-3-6-20(21)12-25-22-18(10-23)8-5-9-19(22)11-24/h3-9,16-17,25H,12-15H2,1-2H3. The van der Waals surface area contributed by atoms with Crippen molar-refractivity contribution in [3.05, 3.63) is 64.7 Å². The predicted molar refractivity (Wildman–Crippen MR) is 105 cm³/mol. The molecule has 5 heteroatoms. The van der Waals surface area contributed by atoms with E-state index in [0.717, 1.165) is 19.6 Å². The fourth-order valence-electron chi connectivity index (χ4n) is 3.65. The van der Waals surface area contributed by atoms with E-state index in [1.54, 1.807) is 18.2 Å². The monoisotopic (exact) mass is 360 g/mol. The largest absolute Gasteiger partial charge is 0.379 e. The second kappa shape index (κ2) is 8.68. The molecule has 2 aromatic rings. The summed E-state index contributed by atoms with van der Waals surface area (Å²) in [5.41, 5.74) is 4.00. The summed E-state index contributed by atoms with van der Waals surface area (Å²) < 4.78 is 5.83. The van der Waals surface area contributed by atoms with E-state index < -0.39 is 0 Å². The highest BCUT2D eigenvalue weighted by atomic mass is 16.5. The number of anilines is 1. The van der Waals surface area contributed by atoms with Gasteiger partial charge in [0.25, 0.3) is 0 Å². The average molecular weight is 360 g/mol. The molecule has 2 atom stereocenters. The van der Waals surface area contributed by atoms with Crippen LogP contribution < -0.4 is 5.32 Å². The molecule has 0 spiro atoms. The van der Waals surface area contributed by atoms with Gasteiger partial charge in [0.1, 0.15) is 12.1 Å². The van der Waals surface area contributed by atoms with Crippen LogP contribution in [0.25, 0.3) is 0 Å². The molecular formula is C22H24N4O. The zero-order chi connectivity index (χ0) is 19.2. The normalized spacial score (nSPS) is 19.9. The number of morpholine rings is 1. The van der Waals surface area contributed by atoms with Gasteiger partial charge in [0.15, 0.2) is 0 Å². The minimum atomic E-state index is 0.236. The lowest BCUT2D eigenvalue weighted by molar-refractivity contribution is -0.0705. The van der Waals surface area contributed by atoms with Gasteiger partial charge >= 0.3 is 0 Å². The summed E-state index contributed by atoms with van der Waals surface area (Å²) in [7, 11) is 0. The molecule has 27 heavy (non-hydrogen) atoms. The zero-order valence-electron chi connectivity index (χ0n) is 15.8. The second-order valence-corrected chi connectivity index (χ2v) is 7.03. The van der Waals surface area contributed by atoms with Crippen molar-refractivity contribution >= 4 is 5.69 Å². The number of hydrogen-bond donors (Lipinski definition) is 1. The molecule has 0 aromatic heterocycles. The van der Waals surface area contributed by atoms with Crippen molar-refractivity contribution in [2.24, 2.45) is 0 Å². The number of ether oxygens (including phenoxy) is 1. The second-order valence-electron chi connectivity index (χ2n) is 7.03. The molecule has 1 aliphatic heterocycles. The highest BCUT2D eigenvalue weighted by molar-refractivity contribution is 5.66. The Labute approximate surface area is 160 Å². The molecule has 0 radical (unpaired) electrons. The molecule has 0 amide bonds.